The van der Waals surface area contributed by atoms with Crippen molar-refractivity contribution >= 4 is 23.7 Å². The Morgan fingerprint density at radius 3 is 2.44 bits per heavy atom. The van der Waals surface area contributed by atoms with Gasteiger partial charge in [0.2, 0.25) is 11.8 Å². The molecule has 2 heterocycles. The van der Waals surface area contributed by atoms with Crippen molar-refractivity contribution in [2.75, 3.05) is 45.2 Å². The van der Waals surface area contributed by atoms with E-state index in [9.17, 15) is 4.79 Å². The van der Waals surface area contributed by atoms with Crippen LogP contribution in [0.2, 0.25) is 0 Å². The van der Waals surface area contributed by atoms with Crippen LogP contribution in [0, 0.1) is 0 Å². The van der Waals surface area contributed by atoms with Crippen LogP contribution in [0.1, 0.15) is 15.9 Å². The van der Waals surface area contributed by atoms with Gasteiger partial charge in [-0.2, -0.15) is 4.98 Å². The Morgan fingerprint density at radius 2 is 1.75 bits per heavy atom. The zero-order chi connectivity index (χ0) is 22.3. The molecule has 1 aliphatic heterocycles. The molecule has 3 aromatic rings. The summed E-state index contributed by atoms with van der Waals surface area (Å²) in [6.07, 6.45) is 1.82. The summed E-state index contributed by atoms with van der Waals surface area (Å²) in [6.45, 7) is 4.15. The molecule has 0 saturated carbocycles. The molecular weight excluding hydrogens is 424 g/mol. The van der Waals surface area contributed by atoms with Crippen molar-refractivity contribution in [1.29, 1.82) is 0 Å². The molecule has 1 aliphatic rings. The monoisotopic (exact) mass is 450 g/mol. The van der Waals surface area contributed by atoms with Crippen LogP contribution in [0.3, 0.4) is 0 Å². The molecule has 0 amide bonds. The first-order valence-electron chi connectivity index (χ1n) is 10.5. The molecular formula is C24H26N4O3S. The fourth-order valence-electron chi connectivity index (χ4n) is 3.31. The minimum atomic E-state index is -0.353. The lowest BCUT2D eigenvalue weighted by Gasteiger charge is -2.32. The number of ether oxygens (including phenoxy) is 2. The highest BCUT2D eigenvalue weighted by Crippen LogP contribution is 2.35. The summed E-state index contributed by atoms with van der Waals surface area (Å²) >= 11 is 1.50. The number of aromatic nitrogens is 2. The van der Waals surface area contributed by atoms with Gasteiger partial charge in [0, 0.05) is 31.1 Å². The van der Waals surface area contributed by atoms with Crippen molar-refractivity contribution in [3.63, 3.8) is 0 Å². The molecule has 7 nitrogen and oxygen atoms in total. The molecule has 0 aliphatic carbocycles. The zero-order valence-electron chi connectivity index (χ0n) is 18.2. The van der Waals surface area contributed by atoms with Gasteiger partial charge in [-0.3, -0.25) is 0 Å². The predicted octanol–water partition coefficient (Wildman–Crippen LogP) is 3.75. The molecule has 0 atom stereocenters. The standard InChI is InChI=1S/C24H26N4O3S/c1-27-12-14-28(15-13-27)24-25-16-21(22(26-24)31-17-18-6-4-3-5-7-18)32-20-10-8-19(9-11-20)23(29)30-2/h3-11,16H,12-15,17H2,1-2H3. The maximum absolute atomic E-state index is 11.7. The van der Waals surface area contributed by atoms with Gasteiger partial charge in [0.1, 0.15) is 6.61 Å². The van der Waals surface area contributed by atoms with Gasteiger partial charge in [-0.15, -0.1) is 0 Å². The number of benzene rings is 2. The first-order valence-corrected chi connectivity index (χ1v) is 11.3. The van der Waals surface area contributed by atoms with Crippen molar-refractivity contribution in [2.24, 2.45) is 0 Å². The van der Waals surface area contributed by atoms with Gasteiger partial charge in [0.05, 0.1) is 23.8 Å². The SMILES string of the molecule is COC(=O)c1ccc(Sc2cnc(N3CCN(C)CC3)nc2OCc2ccccc2)cc1. The highest BCUT2D eigenvalue weighted by Gasteiger charge is 2.19. The molecule has 166 valence electrons. The van der Waals surface area contributed by atoms with E-state index >= 15 is 0 Å². The average Bonchev–Trinajstić information content (AvgIpc) is 2.84. The number of esters is 1. The predicted molar refractivity (Wildman–Crippen MR) is 124 cm³/mol. The van der Waals surface area contributed by atoms with E-state index in [1.807, 2.05) is 48.7 Å². The lowest BCUT2D eigenvalue weighted by Crippen LogP contribution is -2.45. The summed E-state index contributed by atoms with van der Waals surface area (Å²) in [5.41, 5.74) is 1.59. The third-order valence-corrected chi connectivity index (χ3v) is 6.23. The van der Waals surface area contributed by atoms with Crippen LogP contribution in [0.15, 0.2) is 70.6 Å². The second-order valence-electron chi connectivity index (χ2n) is 7.52. The Labute approximate surface area is 192 Å². The number of likely N-dealkylation sites (N-methyl/N-ethyl adjacent to an activating group) is 1. The number of hydrogen-bond acceptors (Lipinski definition) is 8. The van der Waals surface area contributed by atoms with E-state index in [1.165, 1.54) is 18.9 Å². The van der Waals surface area contributed by atoms with Crippen molar-refractivity contribution in [2.45, 2.75) is 16.4 Å². The van der Waals surface area contributed by atoms with E-state index in [4.69, 9.17) is 14.5 Å². The van der Waals surface area contributed by atoms with Gasteiger partial charge in [-0.1, -0.05) is 42.1 Å². The van der Waals surface area contributed by atoms with Crippen molar-refractivity contribution < 1.29 is 14.3 Å². The van der Waals surface area contributed by atoms with Crippen LogP contribution >= 0.6 is 11.8 Å². The maximum atomic E-state index is 11.7. The largest absolute Gasteiger partial charge is 0.472 e. The number of methoxy groups -OCH3 is 1. The topological polar surface area (TPSA) is 67.8 Å². The van der Waals surface area contributed by atoms with Crippen molar-refractivity contribution in [3.8, 4) is 5.88 Å². The van der Waals surface area contributed by atoms with E-state index in [-0.39, 0.29) is 5.97 Å². The second kappa shape index (κ2) is 10.5. The van der Waals surface area contributed by atoms with E-state index in [1.54, 1.807) is 12.1 Å². The van der Waals surface area contributed by atoms with Crippen LogP contribution in [-0.2, 0) is 11.3 Å². The molecule has 0 N–H and O–H groups in total. The average molecular weight is 451 g/mol. The number of rotatable bonds is 7. The highest BCUT2D eigenvalue weighted by atomic mass is 32.2. The summed E-state index contributed by atoms with van der Waals surface area (Å²) in [4.78, 5) is 27.3. The Bertz CT molecular complexity index is 1040. The third-order valence-electron chi connectivity index (χ3n) is 5.22. The van der Waals surface area contributed by atoms with Gasteiger partial charge in [-0.25, -0.2) is 9.78 Å². The lowest BCUT2D eigenvalue weighted by atomic mass is 10.2. The Morgan fingerprint density at radius 1 is 1.03 bits per heavy atom. The van der Waals surface area contributed by atoms with Gasteiger partial charge in [0.25, 0.3) is 0 Å². The molecule has 8 heteroatoms. The van der Waals surface area contributed by atoms with Crippen LogP contribution < -0.4 is 9.64 Å². The summed E-state index contributed by atoms with van der Waals surface area (Å²) in [7, 11) is 3.50. The number of carbonyl (C=O) groups excluding carboxylic acids is 1. The Hall–Kier alpha value is -3.10. The molecule has 0 spiro atoms. The van der Waals surface area contributed by atoms with Gasteiger partial charge in [0.15, 0.2) is 0 Å². The summed E-state index contributed by atoms with van der Waals surface area (Å²) in [5.74, 6) is 0.889. The number of nitrogens with zero attached hydrogens (tertiary/aromatic N) is 4. The molecule has 32 heavy (non-hydrogen) atoms. The summed E-state index contributed by atoms with van der Waals surface area (Å²) in [6, 6.07) is 17.3. The number of hydrogen-bond donors (Lipinski definition) is 0. The Kier molecular flexibility index (Phi) is 7.24. The van der Waals surface area contributed by atoms with Crippen LogP contribution in [0.4, 0.5) is 5.95 Å². The fraction of sp³-hybridized carbons (Fsp3) is 0.292. The second-order valence-corrected chi connectivity index (χ2v) is 8.64. The highest BCUT2D eigenvalue weighted by molar-refractivity contribution is 7.99. The number of carbonyl (C=O) groups is 1. The Balaban J connectivity index is 1.56. The van der Waals surface area contributed by atoms with Gasteiger partial charge in [-0.05, 0) is 36.9 Å². The summed E-state index contributed by atoms with van der Waals surface area (Å²) < 4.78 is 10.9. The molecule has 2 aromatic carbocycles. The first kappa shape index (κ1) is 22.1. The van der Waals surface area contributed by atoms with Crippen LogP contribution in [0.25, 0.3) is 0 Å². The molecule has 1 aromatic heterocycles. The van der Waals surface area contributed by atoms with E-state index in [2.05, 4.69) is 21.8 Å². The minimum absolute atomic E-state index is 0.353. The van der Waals surface area contributed by atoms with Crippen molar-refractivity contribution in [3.05, 3.63) is 71.9 Å². The van der Waals surface area contributed by atoms with E-state index in [0.717, 1.165) is 41.5 Å². The molecule has 4 rings (SSSR count). The molecule has 1 saturated heterocycles. The quantitative estimate of drug-likeness (QED) is 0.504. The van der Waals surface area contributed by atoms with Gasteiger partial charge < -0.3 is 19.3 Å². The zero-order valence-corrected chi connectivity index (χ0v) is 19.0. The first-order chi connectivity index (χ1) is 15.6. The number of piperazine rings is 1. The summed E-state index contributed by atoms with van der Waals surface area (Å²) in [5, 5.41) is 0. The van der Waals surface area contributed by atoms with Crippen LogP contribution in [0.5, 0.6) is 5.88 Å². The lowest BCUT2D eigenvalue weighted by molar-refractivity contribution is 0.0600. The maximum Gasteiger partial charge on any atom is 0.337 e. The fourth-order valence-corrected chi connectivity index (χ4v) is 4.13. The molecule has 0 radical (unpaired) electrons. The van der Waals surface area contributed by atoms with Crippen molar-refractivity contribution in [1.82, 2.24) is 14.9 Å². The van der Waals surface area contributed by atoms with E-state index in [0.29, 0.717) is 24.0 Å². The minimum Gasteiger partial charge on any atom is -0.472 e. The third kappa shape index (κ3) is 5.57. The normalized spacial score (nSPS) is 14.2. The molecule has 0 unspecified atom stereocenters. The molecule has 1 fully saturated rings. The van der Waals surface area contributed by atoms with Gasteiger partial charge >= 0.3 is 5.97 Å². The number of anilines is 1. The van der Waals surface area contributed by atoms with Crippen LogP contribution in [-0.4, -0.2) is 61.2 Å². The smallest absolute Gasteiger partial charge is 0.337 e. The van der Waals surface area contributed by atoms with E-state index < -0.39 is 0 Å². The molecule has 0 bridgehead atoms.